The highest BCUT2D eigenvalue weighted by atomic mass is 16.5. The van der Waals surface area contributed by atoms with E-state index in [9.17, 15) is 20.1 Å². The van der Waals surface area contributed by atoms with Gasteiger partial charge in [0.2, 0.25) is 0 Å². The van der Waals surface area contributed by atoms with Crippen LogP contribution in [0.25, 0.3) is 0 Å². The van der Waals surface area contributed by atoms with Crippen LogP contribution in [0.4, 0.5) is 0 Å². The van der Waals surface area contributed by atoms with Crippen molar-refractivity contribution in [3.8, 4) is 0 Å². The molecule has 10 atom stereocenters. The topological polar surface area (TPSA) is 99.5 Å². The quantitative estimate of drug-likeness (QED) is 0.207. The molecule has 7 heteroatoms. The number of carbonyl (C=O) groups excluding carboxylic acids is 1. The number of rotatable bonds is 12. The molecule has 0 aromatic heterocycles. The molecule has 0 radical (unpaired) electrons. The molecule has 3 N–H and O–H groups in total. The van der Waals surface area contributed by atoms with Crippen molar-refractivity contribution in [2.24, 2.45) is 39.4 Å². The second-order valence-corrected chi connectivity index (χ2v) is 18.5. The van der Waals surface area contributed by atoms with Gasteiger partial charge in [0.1, 0.15) is 0 Å². The van der Waals surface area contributed by atoms with Crippen molar-refractivity contribution >= 4 is 5.78 Å². The lowest BCUT2D eigenvalue weighted by Gasteiger charge is -2.71. The standard InChI is InChI=1S/C44H63NO6/c1-40-18-15-33(46)24-42(40)21-22-44(36(25-42)39(48)32-12-7-4-8-13-32)37(40)16-19-41(2)38(44)17-20-43(41,49)30-45(27-35-14-9-23-51-35)26-34(47)29-50-28-31-10-5-3-6-11-31/h3,5-6,10-11,21-22,25,32-35,37-38,46-47,49H,4,7-9,12-20,23-24,26-30H2,1-2H3. The molecule has 7 aliphatic carbocycles. The average molecular weight is 702 g/mol. The van der Waals surface area contributed by atoms with E-state index in [-0.39, 0.29) is 41.5 Å². The van der Waals surface area contributed by atoms with Gasteiger partial charge in [0.15, 0.2) is 5.78 Å². The van der Waals surface area contributed by atoms with Gasteiger partial charge in [-0.1, -0.05) is 81.7 Å². The third-order valence-electron chi connectivity index (χ3n) is 15.8. The Balaban J connectivity index is 1.08. The number of aliphatic hydroxyl groups excluding tert-OH is 2. The van der Waals surface area contributed by atoms with Gasteiger partial charge >= 0.3 is 0 Å². The van der Waals surface area contributed by atoms with Crippen LogP contribution in [-0.2, 0) is 20.9 Å². The summed E-state index contributed by atoms with van der Waals surface area (Å²) >= 11 is 0. The van der Waals surface area contributed by atoms with Crippen molar-refractivity contribution in [1.29, 1.82) is 0 Å². The van der Waals surface area contributed by atoms with E-state index in [4.69, 9.17) is 9.47 Å². The lowest BCUT2D eigenvalue weighted by molar-refractivity contribution is -0.181. The maximum Gasteiger partial charge on any atom is 0.162 e. The molecule has 1 saturated heterocycles. The lowest BCUT2D eigenvalue weighted by atomic mass is 9.32. The highest BCUT2D eigenvalue weighted by molar-refractivity contribution is 6.00. The summed E-state index contributed by atoms with van der Waals surface area (Å²) < 4.78 is 12.1. The molecule has 0 amide bonds. The molecular formula is C44H63NO6. The molecule has 1 aliphatic heterocycles. The number of carbonyl (C=O) groups is 1. The number of benzene rings is 1. The van der Waals surface area contributed by atoms with Crippen LogP contribution in [0.3, 0.4) is 0 Å². The van der Waals surface area contributed by atoms with E-state index < -0.39 is 22.5 Å². The van der Waals surface area contributed by atoms with Crippen LogP contribution < -0.4 is 0 Å². The zero-order valence-electron chi connectivity index (χ0n) is 31.2. The van der Waals surface area contributed by atoms with Gasteiger partial charge in [0.25, 0.3) is 0 Å². The van der Waals surface area contributed by atoms with E-state index in [1.807, 2.05) is 30.3 Å². The average Bonchev–Trinajstić information content (AvgIpc) is 3.73. The Bertz CT molecular complexity index is 1480. The van der Waals surface area contributed by atoms with Gasteiger partial charge in [-0.15, -0.1) is 0 Å². The smallest absolute Gasteiger partial charge is 0.162 e. The monoisotopic (exact) mass is 701 g/mol. The predicted molar refractivity (Wildman–Crippen MR) is 198 cm³/mol. The van der Waals surface area contributed by atoms with E-state index in [2.05, 4.69) is 37.0 Å². The van der Waals surface area contributed by atoms with E-state index >= 15 is 0 Å². The van der Waals surface area contributed by atoms with Crippen molar-refractivity contribution in [2.75, 3.05) is 32.8 Å². The van der Waals surface area contributed by atoms with E-state index in [0.29, 0.717) is 50.8 Å². The minimum absolute atomic E-state index is 0.0188. The predicted octanol–water partition coefficient (Wildman–Crippen LogP) is 6.79. The number of ketones is 1. The molecule has 51 heavy (non-hydrogen) atoms. The summed E-state index contributed by atoms with van der Waals surface area (Å²) in [5.74, 6) is 0.922. The summed E-state index contributed by atoms with van der Waals surface area (Å²) in [5.41, 5.74) is 0.0606. The number of ether oxygens (including phenoxy) is 2. The first kappa shape index (κ1) is 36.1. The second-order valence-electron chi connectivity index (χ2n) is 18.5. The van der Waals surface area contributed by atoms with Crippen molar-refractivity contribution < 1.29 is 29.6 Å². The summed E-state index contributed by atoms with van der Waals surface area (Å²) in [6, 6.07) is 10.1. The zero-order chi connectivity index (χ0) is 35.5. The van der Waals surface area contributed by atoms with Crippen LogP contribution in [0.2, 0.25) is 0 Å². The minimum Gasteiger partial charge on any atom is -0.393 e. The van der Waals surface area contributed by atoms with Crippen LogP contribution in [0, 0.1) is 39.4 Å². The Morgan fingerprint density at radius 1 is 0.941 bits per heavy atom. The van der Waals surface area contributed by atoms with Crippen molar-refractivity contribution in [3.63, 3.8) is 0 Å². The molecule has 5 fully saturated rings. The normalized spacial score (nSPS) is 42.4. The summed E-state index contributed by atoms with van der Waals surface area (Å²) in [5, 5.41) is 35.4. The number of hydrogen-bond donors (Lipinski definition) is 3. The van der Waals surface area contributed by atoms with Gasteiger partial charge in [-0.05, 0) is 93.4 Å². The van der Waals surface area contributed by atoms with E-state index in [1.54, 1.807) is 0 Å². The number of aliphatic hydroxyl groups is 3. The summed E-state index contributed by atoms with van der Waals surface area (Å²) in [7, 11) is 0. The number of hydrogen-bond acceptors (Lipinski definition) is 7. The first-order valence-electron chi connectivity index (χ1n) is 20.5. The van der Waals surface area contributed by atoms with Crippen molar-refractivity contribution in [3.05, 3.63) is 59.7 Å². The third-order valence-corrected chi connectivity index (χ3v) is 15.8. The molecule has 4 saturated carbocycles. The van der Waals surface area contributed by atoms with Gasteiger partial charge in [-0.3, -0.25) is 9.69 Å². The fourth-order valence-electron chi connectivity index (χ4n) is 13.1. The maximum atomic E-state index is 14.9. The van der Waals surface area contributed by atoms with Gasteiger partial charge in [0.05, 0.1) is 37.1 Å². The van der Waals surface area contributed by atoms with Gasteiger partial charge in [0, 0.05) is 54.0 Å². The molecule has 10 unspecified atom stereocenters. The largest absolute Gasteiger partial charge is 0.393 e. The van der Waals surface area contributed by atoms with Crippen LogP contribution in [0.5, 0.6) is 0 Å². The van der Waals surface area contributed by atoms with E-state index in [1.165, 1.54) is 6.42 Å². The van der Waals surface area contributed by atoms with Crippen molar-refractivity contribution in [2.45, 2.75) is 134 Å². The Hall–Kier alpha value is -1.87. The van der Waals surface area contributed by atoms with Gasteiger partial charge < -0.3 is 24.8 Å². The molecule has 2 bridgehead atoms. The minimum atomic E-state index is -0.969. The number of allylic oxidation sites excluding steroid dienone is 4. The fraction of sp³-hybridized carbons (Fsp3) is 0.750. The molecule has 1 aromatic rings. The lowest BCUT2D eigenvalue weighted by Crippen LogP contribution is -2.67. The molecular weight excluding hydrogens is 638 g/mol. The van der Waals surface area contributed by atoms with Crippen LogP contribution in [0.1, 0.15) is 109 Å². The van der Waals surface area contributed by atoms with Crippen molar-refractivity contribution in [1.82, 2.24) is 4.90 Å². The van der Waals surface area contributed by atoms with E-state index in [0.717, 1.165) is 88.4 Å². The Morgan fingerprint density at radius 3 is 2.45 bits per heavy atom. The molecule has 9 rings (SSSR count). The van der Waals surface area contributed by atoms with Crippen LogP contribution in [-0.4, -0.2) is 82.8 Å². The molecule has 7 nitrogen and oxygen atoms in total. The third kappa shape index (κ3) is 5.96. The number of fused-ring (bicyclic) bond motifs is 1. The molecule has 280 valence electrons. The molecule has 2 spiro atoms. The highest BCUT2D eigenvalue weighted by Gasteiger charge is 2.74. The van der Waals surface area contributed by atoms with Gasteiger partial charge in [-0.2, -0.15) is 0 Å². The Labute approximate surface area is 305 Å². The fourth-order valence-corrected chi connectivity index (χ4v) is 13.1. The maximum absolute atomic E-state index is 14.9. The summed E-state index contributed by atoms with van der Waals surface area (Å²) in [4.78, 5) is 17.1. The Kier molecular flexibility index (Phi) is 9.75. The SMILES string of the molecule is CC12CCC(O)CC13C=CC1(C(C(=O)C4CCCCC4)=C3)C2CCC2(C)C1CCC2(O)CN(CC(O)COCc1ccccc1)CC1CCCO1. The highest BCUT2D eigenvalue weighted by Crippen LogP contribution is 2.78. The summed E-state index contributed by atoms with van der Waals surface area (Å²) in [6.45, 7) is 7.83. The Morgan fingerprint density at radius 2 is 1.69 bits per heavy atom. The zero-order valence-corrected chi connectivity index (χ0v) is 31.2. The number of nitrogens with zero attached hydrogens (tertiary/aromatic N) is 1. The van der Waals surface area contributed by atoms with Crippen LogP contribution in [0.15, 0.2) is 54.1 Å². The summed E-state index contributed by atoms with van der Waals surface area (Å²) in [6.07, 6.45) is 19.8. The molecule has 1 heterocycles. The number of Topliss-reactive ketones (excluding diaryl/α,β-unsaturated/α-hetero) is 1. The second kappa shape index (κ2) is 13.8. The molecule has 8 aliphatic rings. The van der Waals surface area contributed by atoms with Gasteiger partial charge in [-0.25, -0.2) is 0 Å². The molecule has 1 aromatic carbocycles. The first-order chi connectivity index (χ1) is 24.5. The van der Waals surface area contributed by atoms with Crippen LogP contribution >= 0.6 is 0 Å². The first-order valence-corrected chi connectivity index (χ1v) is 20.5.